The van der Waals surface area contributed by atoms with E-state index in [-0.39, 0.29) is 30.3 Å². The van der Waals surface area contributed by atoms with Gasteiger partial charge in [-0.1, -0.05) is 11.6 Å². The molecule has 132 valence electrons. The van der Waals surface area contributed by atoms with Gasteiger partial charge in [-0.25, -0.2) is 0 Å². The summed E-state index contributed by atoms with van der Waals surface area (Å²) < 4.78 is 0. The largest absolute Gasteiger partial charge is 0.350 e. The van der Waals surface area contributed by atoms with E-state index in [2.05, 4.69) is 10.6 Å². The van der Waals surface area contributed by atoms with E-state index in [1.54, 1.807) is 40.9 Å². The number of rotatable bonds is 3. The number of hydrogen-bond donors (Lipinski definition) is 2. The zero-order chi connectivity index (χ0) is 16.2. The zero-order valence-electron chi connectivity index (χ0n) is 13.2. The van der Waals surface area contributed by atoms with Gasteiger partial charge in [-0.3, -0.25) is 9.59 Å². The van der Waals surface area contributed by atoms with Crippen molar-refractivity contribution in [3.63, 3.8) is 0 Å². The number of carbonyl (C=O) groups is 2. The number of halogens is 2. The predicted molar refractivity (Wildman–Crippen MR) is 100 cm³/mol. The van der Waals surface area contributed by atoms with Crippen LogP contribution in [0.1, 0.15) is 23.2 Å². The zero-order valence-corrected chi connectivity index (χ0v) is 15.6. The van der Waals surface area contributed by atoms with Gasteiger partial charge in [-0.05, 0) is 43.7 Å². The molecule has 2 heterocycles. The van der Waals surface area contributed by atoms with Gasteiger partial charge in [-0.15, -0.1) is 24.2 Å². The molecule has 5 nitrogen and oxygen atoms in total. The van der Waals surface area contributed by atoms with E-state index in [4.69, 9.17) is 11.6 Å². The molecule has 8 heteroatoms. The van der Waals surface area contributed by atoms with Crippen molar-refractivity contribution >= 4 is 47.6 Å². The Morgan fingerprint density at radius 1 is 1.29 bits per heavy atom. The van der Waals surface area contributed by atoms with Crippen LogP contribution in [0.5, 0.6) is 0 Å². The van der Waals surface area contributed by atoms with Gasteiger partial charge in [0.25, 0.3) is 5.91 Å². The number of thioether (sulfide) groups is 1. The highest BCUT2D eigenvalue weighted by Gasteiger charge is 2.35. The Balaban J connectivity index is 0.00000208. The minimum atomic E-state index is -0.398. The third-order valence-corrected chi connectivity index (χ3v) is 5.44. The van der Waals surface area contributed by atoms with Crippen molar-refractivity contribution in [3.8, 4) is 0 Å². The maximum absolute atomic E-state index is 12.6. The van der Waals surface area contributed by atoms with Crippen molar-refractivity contribution in [2.75, 3.05) is 24.7 Å². The van der Waals surface area contributed by atoms with Crippen molar-refractivity contribution in [3.05, 3.63) is 34.9 Å². The Labute approximate surface area is 157 Å². The maximum Gasteiger partial charge on any atom is 0.255 e. The van der Waals surface area contributed by atoms with Crippen LogP contribution in [0.25, 0.3) is 0 Å². The molecule has 1 aromatic carbocycles. The number of nitrogens with zero attached hydrogens (tertiary/aromatic N) is 1. The summed E-state index contributed by atoms with van der Waals surface area (Å²) in [6.07, 6.45) is 2.06. The number of piperidine rings is 1. The van der Waals surface area contributed by atoms with E-state index < -0.39 is 6.04 Å². The molecule has 0 radical (unpaired) electrons. The molecule has 0 spiro atoms. The van der Waals surface area contributed by atoms with Gasteiger partial charge in [-0.2, -0.15) is 0 Å². The smallest absolute Gasteiger partial charge is 0.255 e. The molecular weight excluding hydrogens is 369 g/mol. The summed E-state index contributed by atoms with van der Waals surface area (Å²) in [5.41, 5.74) is 0.564. The first-order valence-electron chi connectivity index (χ1n) is 7.80. The van der Waals surface area contributed by atoms with Crippen LogP contribution in [0.15, 0.2) is 24.3 Å². The minimum Gasteiger partial charge on any atom is -0.350 e. The van der Waals surface area contributed by atoms with Gasteiger partial charge in [0.2, 0.25) is 5.91 Å². The van der Waals surface area contributed by atoms with Crippen molar-refractivity contribution in [1.29, 1.82) is 0 Å². The molecule has 2 N–H and O–H groups in total. The van der Waals surface area contributed by atoms with Crippen LogP contribution in [-0.4, -0.2) is 53.5 Å². The Morgan fingerprint density at radius 2 is 2.04 bits per heavy atom. The first-order valence-corrected chi connectivity index (χ1v) is 9.34. The molecule has 2 amide bonds. The fourth-order valence-electron chi connectivity index (χ4n) is 2.89. The Bertz CT molecular complexity index is 579. The van der Waals surface area contributed by atoms with Crippen molar-refractivity contribution in [2.24, 2.45) is 0 Å². The highest BCUT2D eigenvalue weighted by Crippen LogP contribution is 2.24. The summed E-state index contributed by atoms with van der Waals surface area (Å²) in [5.74, 6) is 1.02. The average Bonchev–Trinajstić information content (AvgIpc) is 3.05. The third kappa shape index (κ3) is 4.57. The van der Waals surface area contributed by atoms with E-state index in [1.165, 1.54) is 0 Å². The van der Waals surface area contributed by atoms with Gasteiger partial charge in [0, 0.05) is 28.9 Å². The van der Waals surface area contributed by atoms with Gasteiger partial charge in [0.15, 0.2) is 0 Å². The van der Waals surface area contributed by atoms with Gasteiger partial charge in [0.1, 0.15) is 6.04 Å². The molecule has 3 rings (SSSR count). The lowest BCUT2D eigenvalue weighted by Crippen LogP contribution is -2.53. The number of amides is 2. The highest BCUT2D eigenvalue weighted by atomic mass is 35.5. The van der Waals surface area contributed by atoms with Crippen LogP contribution < -0.4 is 10.6 Å². The quantitative estimate of drug-likeness (QED) is 0.831. The molecular formula is C16H21Cl2N3O2S. The summed E-state index contributed by atoms with van der Waals surface area (Å²) in [5, 5.41) is 6.95. The van der Waals surface area contributed by atoms with E-state index in [1.807, 2.05) is 0 Å². The van der Waals surface area contributed by atoms with E-state index in [9.17, 15) is 9.59 Å². The highest BCUT2D eigenvalue weighted by molar-refractivity contribution is 7.99. The Hall–Kier alpha value is -0.950. The van der Waals surface area contributed by atoms with E-state index in [0.717, 1.165) is 25.9 Å². The molecule has 2 fully saturated rings. The molecule has 0 aromatic heterocycles. The van der Waals surface area contributed by atoms with Crippen molar-refractivity contribution in [1.82, 2.24) is 15.5 Å². The van der Waals surface area contributed by atoms with Crippen LogP contribution >= 0.6 is 35.8 Å². The monoisotopic (exact) mass is 389 g/mol. The second-order valence-corrected chi connectivity index (χ2v) is 7.29. The number of carbonyl (C=O) groups excluding carboxylic acids is 2. The molecule has 2 atom stereocenters. The standard InChI is InChI=1S/C16H20ClN3O2S.ClH/c17-12-5-3-11(4-6-12)16(22)20-10-23-9-14(20)15(21)19-13-2-1-7-18-8-13;/h3-6,13-14,18H,1-2,7-10H2,(H,19,21);1H. The van der Waals surface area contributed by atoms with Gasteiger partial charge >= 0.3 is 0 Å². The first-order chi connectivity index (χ1) is 11.1. The molecule has 2 aliphatic heterocycles. The Kier molecular flexibility index (Phi) is 7.22. The normalized spacial score (nSPS) is 23.5. The van der Waals surface area contributed by atoms with Crippen LogP contribution in [0.3, 0.4) is 0 Å². The summed E-state index contributed by atoms with van der Waals surface area (Å²) >= 11 is 7.47. The topological polar surface area (TPSA) is 61.4 Å². The second-order valence-electron chi connectivity index (χ2n) is 5.85. The summed E-state index contributed by atoms with van der Waals surface area (Å²) in [7, 11) is 0. The van der Waals surface area contributed by atoms with Crippen molar-refractivity contribution in [2.45, 2.75) is 24.9 Å². The van der Waals surface area contributed by atoms with E-state index in [0.29, 0.717) is 22.2 Å². The molecule has 2 unspecified atom stereocenters. The van der Waals surface area contributed by atoms with Gasteiger partial charge < -0.3 is 15.5 Å². The maximum atomic E-state index is 12.6. The summed E-state index contributed by atoms with van der Waals surface area (Å²) in [6.45, 7) is 1.81. The Morgan fingerprint density at radius 3 is 2.71 bits per heavy atom. The van der Waals surface area contributed by atoms with E-state index >= 15 is 0 Å². The average molecular weight is 390 g/mol. The SMILES string of the molecule is Cl.O=C(NC1CCCNC1)C1CSCN1C(=O)c1ccc(Cl)cc1. The third-order valence-electron chi connectivity index (χ3n) is 4.18. The van der Waals surface area contributed by atoms with Crippen LogP contribution in [0.2, 0.25) is 5.02 Å². The molecule has 2 aliphatic rings. The predicted octanol–water partition coefficient (Wildman–Crippen LogP) is 2.15. The molecule has 2 saturated heterocycles. The van der Waals surface area contributed by atoms with Crippen LogP contribution in [-0.2, 0) is 4.79 Å². The molecule has 0 saturated carbocycles. The molecule has 0 aliphatic carbocycles. The molecule has 24 heavy (non-hydrogen) atoms. The molecule has 0 bridgehead atoms. The van der Waals surface area contributed by atoms with Crippen LogP contribution in [0.4, 0.5) is 0 Å². The lowest BCUT2D eigenvalue weighted by atomic mass is 10.1. The fraction of sp³-hybridized carbons (Fsp3) is 0.500. The van der Waals surface area contributed by atoms with Gasteiger partial charge in [0.05, 0.1) is 5.88 Å². The number of benzene rings is 1. The lowest BCUT2D eigenvalue weighted by Gasteiger charge is -2.28. The number of hydrogen-bond acceptors (Lipinski definition) is 4. The number of nitrogens with one attached hydrogen (secondary N) is 2. The first kappa shape index (κ1) is 19.4. The molecule has 1 aromatic rings. The van der Waals surface area contributed by atoms with Crippen molar-refractivity contribution < 1.29 is 9.59 Å². The summed E-state index contributed by atoms with van der Waals surface area (Å²) in [6, 6.07) is 6.56. The summed E-state index contributed by atoms with van der Waals surface area (Å²) in [4.78, 5) is 26.8. The second kappa shape index (κ2) is 8.94. The fourth-order valence-corrected chi connectivity index (χ4v) is 4.17. The lowest BCUT2D eigenvalue weighted by molar-refractivity contribution is -0.125. The minimum absolute atomic E-state index is 0. The van der Waals surface area contributed by atoms with Crippen LogP contribution in [0, 0.1) is 0 Å².